The van der Waals surface area contributed by atoms with E-state index in [1.807, 2.05) is 17.2 Å². The van der Waals surface area contributed by atoms with Crippen LogP contribution in [0.15, 0.2) is 30.9 Å². The highest BCUT2D eigenvalue weighted by molar-refractivity contribution is 7.18. The third-order valence-corrected chi connectivity index (χ3v) is 8.32. The Labute approximate surface area is 236 Å². The summed E-state index contributed by atoms with van der Waals surface area (Å²) in [5.74, 6) is 0.441. The van der Waals surface area contributed by atoms with Gasteiger partial charge in [-0.2, -0.15) is 10.4 Å². The normalized spacial score (nSPS) is 16.4. The Bertz CT molecular complexity index is 1560. The molecule has 0 unspecified atom stereocenters. The van der Waals surface area contributed by atoms with E-state index >= 15 is 0 Å². The van der Waals surface area contributed by atoms with Crippen LogP contribution in [0.3, 0.4) is 0 Å². The monoisotopic (exact) mass is 557 g/mol. The summed E-state index contributed by atoms with van der Waals surface area (Å²) in [6, 6.07) is 4.26. The second-order valence-corrected chi connectivity index (χ2v) is 11.4. The smallest absolute Gasteiger partial charge is 0.225 e. The maximum atomic E-state index is 12.9. The number of nitriles is 1. The fraction of sp³-hybridized carbons (Fsp3) is 0.444. The highest BCUT2D eigenvalue weighted by Gasteiger charge is 2.29. The number of piperidine rings is 1. The van der Waals surface area contributed by atoms with Gasteiger partial charge in [0.15, 0.2) is 10.7 Å². The molecule has 1 amide bonds. The number of hydrogen-bond acceptors (Lipinski definition) is 11. The largest absolute Gasteiger partial charge is 0.382 e. The molecule has 4 aromatic rings. The zero-order chi connectivity index (χ0) is 27.6. The topological polar surface area (TPSA) is 140 Å². The lowest BCUT2D eigenvalue weighted by atomic mass is 9.96. The van der Waals surface area contributed by atoms with Crippen LogP contribution in [0.1, 0.15) is 32.3 Å². The van der Waals surface area contributed by atoms with Gasteiger partial charge in [-0.3, -0.25) is 9.78 Å². The lowest BCUT2D eigenvalue weighted by Gasteiger charge is -2.36. The van der Waals surface area contributed by atoms with Crippen LogP contribution >= 0.6 is 11.3 Å². The van der Waals surface area contributed by atoms with Crippen molar-refractivity contribution in [3.63, 3.8) is 0 Å². The molecule has 0 radical (unpaired) electrons. The van der Waals surface area contributed by atoms with Crippen molar-refractivity contribution in [1.82, 2.24) is 40.0 Å². The molecule has 2 aliphatic heterocycles. The standard InChI is InChI=1S/C27H31N11OS/c1-17(2)33-23-11-22(20-15-32-38-16-18(12-28)13-31-24(20)38)30-14-21(23)25-34-35-27(40-25)37-9-7-36(8-10-37)26(39)19-3-5-29-6-4-19/h11,13-17,19,29H,3-10H2,1-2H3,(H,30,33). The first-order valence-corrected chi connectivity index (χ1v) is 14.4. The maximum absolute atomic E-state index is 12.9. The summed E-state index contributed by atoms with van der Waals surface area (Å²) in [7, 11) is 0. The van der Waals surface area contributed by atoms with Crippen LogP contribution in [-0.2, 0) is 4.79 Å². The van der Waals surface area contributed by atoms with E-state index in [0.717, 1.165) is 71.7 Å². The Hall–Kier alpha value is -4.15. The molecule has 6 rings (SSSR count). The molecule has 2 N–H and O–H groups in total. The van der Waals surface area contributed by atoms with E-state index < -0.39 is 0 Å². The molecule has 0 bridgehead atoms. The molecule has 206 valence electrons. The predicted octanol–water partition coefficient (Wildman–Crippen LogP) is 2.65. The van der Waals surface area contributed by atoms with E-state index in [9.17, 15) is 4.79 Å². The zero-order valence-electron chi connectivity index (χ0n) is 22.5. The van der Waals surface area contributed by atoms with E-state index in [1.54, 1.807) is 16.9 Å². The zero-order valence-corrected chi connectivity index (χ0v) is 23.4. The molecule has 40 heavy (non-hydrogen) atoms. The molecular weight excluding hydrogens is 526 g/mol. The van der Waals surface area contributed by atoms with Gasteiger partial charge >= 0.3 is 0 Å². The van der Waals surface area contributed by atoms with Gasteiger partial charge in [0.25, 0.3) is 0 Å². The summed E-state index contributed by atoms with van der Waals surface area (Å²) in [5, 5.41) is 31.0. The van der Waals surface area contributed by atoms with Crippen molar-refractivity contribution in [2.24, 2.45) is 5.92 Å². The van der Waals surface area contributed by atoms with Gasteiger partial charge in [0.2, 0.25) is 11.0 Å². The van der Waals surface area contributed by atoms with Crippen molar-refractivity contribution in [2.75, 3.05) is 49.5 Å². The molecule has 6 heterocycles. The molecule has 0 aromatic carbocycles. The van der Waals surface area contributed by atoms with Crippen LogP contribution < -0.4 is 15.5 Å². The number of nitrogens with zero attached hydrogens (tertiary/aromatic N) is 9. The molecule has 0 spiro atoms. The van der Waals surface area contributed by atoms with Gasteiger partial charge in [-0.05, 0) is 45.8 Å². The minimum Gasteiger partial charge on any atom is -0.382 e. The number of fused-ring (bicyclic) bond motifs is 1. The van der Waals surface area contributed by atoms with Crippen LogP contribution in [0.2, 0.25) is 0 Å². The molecule has 0 saturated carbocycles. The highest BCUT2D eigenvalue weighted by atomic mass is 32.1. The van der Waals surface area contributed by atoms with E-state index in [2.05, 4.69) is 55.7 Å². The van der Waals surface area contributed by atoms with E-state index in [0.29, 0.717) is 30.2 Å². The second kappa shape index (κ2) is 11.1. The molecule has 2 fully saturated rings. The number of pyridine rings is 1. The Morgan fingerprint density at radius 2 is 1.90 bits per heavy atom. The summed E-state index contributed by atoms with van der Waals surface area (Å²) in [6.07, 6.45) is 8.56. The number of nitrogens with one attached hydrogen (secondary N) is 2. The summed E-state index contributed by atoms with van der Waals surface area (Å²) in [6.45, 7) is 8.92. The van der Waals surface area contributed by atoms with E-state index in [1.165, 1.54) is 17.5 Å². The predicted molar refractivity (Wildman–Crippen MR) is 153 cm³/mol. The Morgan fingerprint density at radius 3 is 2.65 bits per heavy atom. The maximum Gasteiger partial charge on any atom is 0.225 e. The van der Waals surface area contributed by atoms with Crippen LogP contribution in [0.25, 0.3) is 27.5 Å². The Balaban J connectivity index is 1.21. The van der Waals surface area contributed by atoms with E-state index in [-0.39, 0.29) is 12.0 Å². The number of rotatable bonds is 6. The number of carbonyl (C=O) groups is 1. The SMILES string of the molecule is CC(C)Nc1cc(-c2cnn3cc(C#N)cnc23)ncc1-c1nnc(N2CCN(C(=O)C3CCNCC3)CC2)s1. The van der Waals surface area contributed by atoms with Crippen molar-refractivity contribution in [3.05, 3.63) is 36.4 Å². The second-order valence-electron chi connectivity index (χ2n) is 10.4. The van der Waals surface area contributed by atoms with Crippen molar-refractivity contribution < 1.29 is 4.79 Å². The molecule has 12 nitrogen and oxygen atoms in total. The van der Waals surface area contributed by atoms with Crippen molar-refractivity contribution in [2.45, 2.75) is 32.7 Å². The van der Waals surface area contributed by atoms with E-state index in [4.69, 9.17) is 10.2 Å². The molecule has 13 heteroatoms. The quantitative estimate of drug-likeness (QED) is 0.364. The van der Waals surface area contributed by atoms with Crippen LogP contribution in [-0.4, -0.2) is 85.9 Å². The highest BCUT2D eigenvalue weighted by Crippen LogP contribution is 2.36. The minimum atomic E-state index is 0.148. The van der Waals surface area contributed by atoms with Gasteiger partial charge in [-0.1, -0.05) is 11.3 Å². The summed E-state index contributed by atoms with van der Waals surface area (Å²) >= 11 is 1.53. The fourth-order valence-electron chi connectivity index (χ4n) is 5.21. The summed E-state index contributed by atoms with van der Waals surface area (Å²) in [4.78, 5) is 26.3. The Kier molecular flexibility index (Phi) is 7.27. The lowest BCUT2D eigenvalue weighted by Crippen LogP contribution is -2.51. The average molecular weight is 558 g/mol. The molecule has 2 saturated heterocycles. The van der Waals surface area contributed by atoms with Crippen LogP contribution in [0, 0.1) is 17.2 Å². The number of hydrogen-bond donors (Lipinski definition) is 2. The fourth-order valence-corrected chi connectivity index (χ4v) is 6.13. The van der Waals surface area contributed by atoms with Gasteiger partial charge in [-0.15, -0.1) is 10.2 Å². The minimum absolute atomic E-state index is 0.148. The van der Waals surface area contributed by atoms with Gasteiger partial charge in [0.1, 0.15) is 6.07 Å². The first kappa shape index (κ1) is 26.1. The molecule has 4 aromatic heterocycles. The molecule has 0 atom stereocenters. The van der Waals surface area contributed by atoms with Crippen molar-refractivity contribution in [3.8, 4) is 27.9 Å². The van der Waals surface area contributed by atoms with Gasteiger partial charge in [0.05, 0.1) is 34.8 Å². The third-order valence-electron chi connectivity index (χ3n) is 7.30. The van der Waals surface area contributed by atoms with Crippen molar-refractivity contribution >= 4 is 33.7 Å². The number of anilines is 2. The Morgan fingerprint density at radius 1 is 1.10 bits per heavy atom. The molecule has 2 aliphatic rings. The van der Waals surface area contributed by atoms with Crippen molar-refractivity contribution in [1.29, 1.82) is 5.26 Å². The van der Waals surface area contributed by atoms with Gasteiger partial charge < -0.3 is 20.4 Å². The van der Waals surface area contributed by atoms with Crippen LogP contribution in [0.5, 0.6) is 0 Å². The number of aromatic nitrogens is 6. The number of carbonyl (C=O) groups excluding carboxylic acids is 1. The lowest BCUT2D eigenvalue weighted by molar-refractivity contribution is -0.136. The van der Waals surface area contributed by atoms with Gasteiger partial charge in [-0.25, -0.2) is 9.50 Å². The van der Waals surface area contributed by atoms with Crippen LogP contribution in [0.4, 0.5) is 10.8 Å². The summed E-state index contributed by atoms with van der Waals surface area (Å²) in [5.41, 5.74) is 4.33. The number of amides is 1. The first-order valence-electron chi connectivity index (χ1n) is 13.6. The number of piperazine rings is 1. The summed E-state index contributed by atoms with van der Waals surface area (Å²) < 4.78 is 1.59. The first-order chi connectivity index (χ1) is 19.5. The third kappa shape index (κ3) is 5.20. The average Bonchev–Trinajstić information content (AvgIpc) is 3.64. The van der Waals surface area contributed by atoms with Gasteiger partial charge in [0, 0.05) is 56.2 Å². The molecular formula is C27H31N11OS. The molecule has 0 aliphatic carbocycles.